The number of halogens is 2. The third-order valence-electron chi connectivity index (χ3n) is 3.90. The smallest absolute Gasteiger partial charge is 0.265 e. The molecule has 1 aliphatic heterocycles. The van der Waals surface area contributed by atoms with Crippen LogP contribution in [0.15, 0.2) is 34.6 Å². The van der Waals surface area contributed by atoms with Crippen LogP contribution >= 0.6 is 27.5 Å². The van der Waals surface area contributed by atoms with E-state index in [1.54, 1.807) is 12.2 Å². The number of amides is 1. The molecule has 1 fully saturated rings. The van der Waals surface area contributed by atoms with E-state index in [-0.39, 0.29) is 17.7 Å². The highest BCUT2D eigenvalue weighted by Crippen LogP contribution is 2.31. The lowest BCUT2D eigenvalue weighted by Crippen LogP contribution is -2.42. The molecule has 4 nitrogen and oxygen atoms in total. The van der Waals surface area contributed by atoms with Crippen LogP contribution in [-0.2, 0) is 14.3 Å². The van der Waals surface area contributed by atoms with E-state index in [0.717, 1.165) is 25.7 Å². The first-order valence-electron chi connectivity index (χ1n) is 6.99. The molecule has 0 aromatic carbocycles. The fourth-order valence-electron chi connectivity index (χ4n) is 2.76. The van der Waals surface area contributed by atoms with Gasteiger partial charge in [-0.05, 0) is 37.8 Å². The maximum Gasteiger partial charge on any atom is 0.265 e. The SMILES string of the molecule is O=C1C=C(Cl)C=C2OC(C(=O)NC3CCC(Br)CC3)C=C12. The van der Waals surface area contributed by atoms with E-state index in [1.807, 2.05) is 0 Å². The molecule has 0 aromatic rings. The van der Waals surface area contributed by atoms with Gasteiger partial charge in [0.1, 0.15) is 5.76 Å². The molecule has 0 spiro atoms. The van der Waals surface area contributed by atoms with Crippen molar-refractivity contribution in [3.05, 3.63) is 34.6 Å². The van der Waals surface area contributed by atoms with E-state index < -0.39 is 6.10 Å². The van der Waals surface area contributed by atoms with Gasteiger partial charge in [0.2, 0.25) is 0 Å². The minimum absolute atomic E-state index is 0.183. The summed E-state index contributed by atoms with van der Waals surface area (Å²) >= 11 is 9.42. The highest BCUT2D eigenvalue weighted by atomic mass is 79.9. The summed E-state index contributed by atoms with van der Waals surface area (Å²) < 4.78 is 5.53. The van der Waals surface area contributed by atoms with Gasteiger partial charge in [-0.15, -0.1) is 0 Å². The van der Waals surface area contributed by atoms with Crippen molar-refractivity contribution in [2.75, 3.05) is 0 Å². The van der Waals surface area contributed by atoms with Gasteiger partial charge in [-0.25, -0.2) is 0 Å². The number of nitrogens with one attached hydrogen (secondary N) is 1. The fraction of sp³-hybridized carbons (Fsp3) is 0.467. The molecule has 0 bridgehead atoms. The highest BCUT2D eigenvalue weighted by Gasteiger charge is 2.34. The molecule has 2 aliphatic carbocycles. The van der Waals surface area contributed by atoms with Gasteiger partial charge in [0.15, 0.2) is 11.9 Å². The van der Waals surface area contributed by atoms with E-state index in [9.17, 15) is 9.59 Å². The highest BCUT2D eigenvalue weighted by molar-refractivity contribution is 9.09. The number of alkyl halides is 1. The quantitative estimate of drug-likeness (QED) is 0.758. The maximum absolute atomic E-state index is 12.2. The van der Waals surface area contributed by atoms with E-state index in [0.29, 0.717) is 21.2 Å². The van der Waals surface area contributed by atoms with Crippen LogP contribution in [-0.4, -0.2) is 28.7 Å². The Kier molecular flexibility index (Phi) is 4.22. The van der Waals surface area contributed by atoms with Crippen LogP contribution < -0.4 is 5.32 Å². The Morgan fingerprint density at radius 2 is 2.00 bits per heavy atom. The lowest BCUT2D eigenvalue weighted by Gasteiger charge is -2.26. The number of hydrogen-bond acceptors (Lipinski definition) is 3. The molecule has 3 rings (SSSR count). The minimum atomic E-state index is -0.743. The molecular formula is C15H15BrClNO3. The molecule has 21 heavy (non-hydrogen) atoms. The van der Waals surface area contributed by atoms with Gasteiger partial charge >= 0.3 is 0 Å². The molecule has 112 valence electrons. The first kappa shape index (κ1) is 14.9. The van der Waals surface area contributed by atoms with Crippen LogP contribution in [0.2, 0.25) is 0 Å². The molecule has 0 aromatic heterocycles. The number of ether oxygens (including phenoxy) is 1. The van der Waals surface area contributed by atoms with Gasteiger partial charge in [0.05, 0.1) is 5.57 Å². The predicted octanol–water partition coefficient (Wildman–Crippen LogP) is 2.72. The Bertz CT molecular complexity index is 573. The normalized spacial score (nSPS) is 31.6. The largest absolute Gasteiger partial charge is 0.476 e. The zero-order valence-electron chi connectivity index (χ0n) is 11.3. The maximum atomic E-state index is 12.2. The monoisotopic (exact) mass is 371 g/mol. The molecule has 1 heterocycles. The van der Waals surface area contributed by atoms with Gasteiger partial charge in [0, 0.05) is 22.0 Å². The molecule has 6 heteroatoms. The number of rotatable bonds is 2. The van der Waals surface area contributed by atoms with Crippen LogP contribution in [0.5, 0.6) is 0 Å². The molecule has 1 saturated carbocycles. The predicted molar refractivity (Wildman–Crippen MR) is 83.1 cm³/mol. The zero-order chi connectivity index (χ0) is 15.0. The number of ketones is 1. The summed E-state index contributed by atoms with van der Waals surface area (Å²) in [6.07, 6.45) is 7.75. The van der Waals surface area contributed by atoms with Crippen LogP contribution in [0.1, 0.15) is 25.7 Å². The summed E-state index contributed by atoms with van der Waals surface area (Å²) in [5, 5.41) is 3.32. The molecule has 0 saturated heterocycles. The van der Waals surface area contributed by atoms with Crippen LogP contribution in [0.4, 0.5) is 0 Å². The Morgan fingerprint density at radius 1 is 1.29 bits per heavy atom. The molecule has 1 unspecified atom stereocenters. The van der Waals surface area contributed by atoms with Gasteiger partial charge in [-0.1, -0.05) is 27.5 Å². The number of carbonyl (C=O) groups is 2. The Morgan fingerprint density at radius 3 is 2.71 bits per heavy atom. The third-order valence-corrected chi connectivity index (χ3v) is 5.04. The summed E-state index contributed by atoms with van der Waals surface area (Å²) in [6, 6.07) is 0.183. The van der Waals surface area contributed by atoms with Crippen molar-refractivity contribution in [2.24, 2.45) is 0 Å². The van der Waals surface area contributed by atoms with Crippen LogP contribution in [0, 0.1) is 0 Å². The first-order valence-corrected chi connectivity index (χ1v) is 8.29. The summed E-state index contributed by atoms with van der Waals surface area (Å²) in [7, 11) is 0. The number of carbonyl (C=O) groups excluding carboxylic acids is 2. The topological polar surface area (TPSA) is 55.4 Å². The summed E-state index contributed by atoms with van der Waals surface area (Å²) in [5.74, 6) is -0.0239. The van der Waals surface area contributed by atoms with Crippen molar-refractivity contribution in [1.29, 1.82) is 0 Å². The molecule has 0 radical (unpaired) electrons. The van der Waals surface area contributed by atoms with Gasteiger partial charge in [0.25, 0.3) is 5.91 Å². The van der Waals surface area contributed by atoms with Crippen molar-refractivity contribution in [3.63, 3.8) is 0 Å². The molecule has 1 amide bonds. The minimum Gasteiger partial charge on any atom is -0.476 e. The summed E-state index contributed by atoms with van der Waals surface area (Å²) in [5.41, 5.74) is 0.420. The number of hydrogen-bond donors (Lipinski definition) is 1. The fourth-order valence-corrected chi connectivity index (χ4v) is 3.49. The third kappa shape index (κ3) is 3.24. The lowest BCUT2D eigenvalue weighted by molar-refractivity contribution is -0.128. The Labute approximate surface area is 136 Å². The van der Waals surface area contributed by atoms with Crippen molar-refractivity contribution in [3.8, 4) is 0 Å². The standard InChI is InChI=1S/C15H15BrClNO3/c16-8-1-3-10(4-2-8)18-15(20)14-7-11-12(19)5-9(17)6-13(11)21-14/h5-8,10,14H,1-4H2,(H,18,20). The van der Waals surface area contributed by atoms with Gasteiger partial charge in [-0.2, -0.15) is 0 Å². The van der Waals surface area contributed by atoms with Gasteiger partial charge < -0.3 is 10.1 Å². The second kappa shape index (κ2) is 5.97. The molecular weight excluding hydrogens is 358 g/mol. The zero-order valence-corrected chi connectivity index (χ0v) is 13.6. The second-order valence-corrected chi connectivity index (χ2v) is 7.21. The molecule has 1 N–H and O–H groups in total. The summed E-state index contributed by atoms with van der Waals surface area (Å²) in [4.78, 5) is 24.6. The second-order valence-electron chi connectivity index (χ2n) is 5.48. The van der Waals surface area contributed by atoms with Crippen molar-refractivity contribution < 1.29 is 14.3 Å². The van der Waals surface area contributed by atoms with Crippen molar-refractivity contribution in [1.82, 2.24) is 5.32 Å². The lowest BCUT2D eigenvalue weighted by atomic mass is 9.95. The van der Waals surface area contributed by atoms with E-state index in [4.69, 9.17) is 16.3 Å². The van der Waals surface area contributed by atoms with Crippen LogP contribution in [0.25, 0.3) is 0 Å². The van der Waals surface area contributed by atoms with E-state index >= 15 is 0 Å². The molecule has 1 atom stereocenters. The van der Waals surface area contributed by atoms with Crippen molar-refractivity contribution >= 4 is 39.2 Å². The first-order chi connectivity index (χ1) is 10.0. The number of fused-ring (bicyclic) bond motifs is 1. The van der Waals surface area contributed by atoms with Crippen molar-refractivity contribution in [2.45, 2.75) is 42.7 Å². The Balaban J connectivity index is 1.63. The molecule has 3 aliphatic rings. The average molecular weight is 373 g/mol. The van der Waals surface area contributed by atoms with Gasteiger partial charge in [-0.3, -0.25) is 9.59 Å². The Hall–Kier alpha value is -1.07. The summed E-state index contributed by atoms with van der Waals surface area (Å²) in [6.45, 7) is 0. The van der Waals surface area contributed by atoms with E-state index in [1.165, 1.54) is 6.08 Å². The van der Waals surface area contributed by atoms with E-state index in [2.05, 4.69) is 21.2 Å². The number of allylic oxidation sites excluding steroid dienone is 4. The van der Waals surface area contributed by atoms with Crippen LogP contribution in [0.3, 0.4) is 0 Å². The average Bonchev–Trinajstić information content (AvgIpc) is 2.85.